The summed E-state index contributed by atoms with van der Waals surface area (Å²) in [4.78, 5) is 11.9. The molecule has 152 valence electrons. The number of carbonyl (C=O) groups is 1. The van der Waals surface area contributed by atoms with Crippen LogP contribution in [-0.2, 0) is 0 Å². The maximum Gasteiger partial charge on any atom is 0.165 e. The summed E-state index contributed by atoms with van der Waals surface area (Å²) in [6.45, 7) is 10.5. The van der Waals surface area contributed by atoms with Gasteiger partial charge in [-0.3, -0.25) is 4.79 Å². The first-order valence-electron chi connectivity index (χ1n) is 11.5. The third-order valence-electron chi connectivity index (χ3n) is 6.94. The van der Waals surface area contributed by atoms with Crippen molar-refractivity contribution >= 4 is 5.78 Å². The van der Waals surface area contributed by atoms with Crippen molar-refractivity contribution in [3.8, 4) is 0 Å². The molecule has 0 amide bonds. The molecule has 0 heterocycles. The van der Waals surface area contributed by atoms with E-state index in [0.717, 1.165) is 40.9 Å². The molecule has 1 nitrogen and oxygen atoms in total. The highest BCUT2D eigenvalue weighted by Gasteiger charge is 2.26. The molecule has 0 spiro atoms. The Morgan fingerprint density at radius 1 is 0.889 bits per heavy atom. The van der Waals surface area contributed by atoms with Crippen LogP contribution in [0.3, 0.4) is 0 Å². The third kappa shape index (κ3) is 7.09. The van der Waals surface area contributed by atoms with Gasteiger partial charge >= 0.3 is 0 Å². The van der Waals surface area contributed by atoms with Gasteiger partial charge in [0.2, 0.25) is 0 Å². The van der Waals surface area contributed by atoms with E-state index in [1.807, 2.05) is 39.8 Å². The van der Waals surface area contributed by atoms with Gasteiger partial charge < -0.3 is 0 Å². The highest BCUT2D eigenvalue weighted by molar-refractivity contribution is 5.97. The first kappa shape index (κ1) is 22.2. The van der Waals surface area contributed by atoms with Gasteiger partial charge in [-0.05, 0) is 63.0 Å². The van der Waals surface area contributed by atoms with Gasteiger partial charge in [-0.25, -0.2) is 0 Å². The lowest BCUT2D eigenvalue weighted by molar-refractivity contribution is 0.0927. The Balaban J connectivity index is 0.000000194. The first-order valence-corrected chi connectivity index (χ1v) is 11.5. The van der Waals surface area contributed by atoms with Gasteiger partial charge in [0, 0.05) is 11.5 Å². The highest BCUT2D eigenvalue weighted by Crippen LogP contribution is 2.39. The fraction of sp³-hybridized carbons (Fsp3) is 0.731. The monoisotopic (exact) mass is 370 g/mol. The van der Waals surface area contributed by atoms with Crippen LogP contribution in [0.4, 0.5) is 0 Å². The van der Waals surface area contributed by atoms with E-state index in [0.29, 0.717) is 0 Å². The van der Waals surface area contributed by atoms with E-state index in [4.69, 9.17) is 0 Å². The fourth-order valence-electron chi connectivity index (χ4n) is 4.95. The summed E-state index contributed by atoms with van der Waals surface area (Å²) in [6, 6.07) is 6.04. The number of hydrogen-bond acceptors (Lipinski definition) is 1. The summed E-state index contributed by atoms with van der Waals surface area (Å²) in [6.07, 6.45) is 14.7. The van der Waals surface area contributed by atoms with Crippen molar-refractivity contribution in [3.05, 3.63) is 34.9 Å². The molecule has 2 fully saturated rings. The van der Waals surface area contributed by atoms with Crippen LogP contribution in [0.15, 0.2) is 18.2 Å². The van der Waals surface area contributed by atoms with Crippen molar-refractivity contribution in [2.75, 3.05) is 0 Å². The number of aryl methyl sites for hydroxylation is 2. The van der Waals surface area contributed by atoms with Crippen LogP contribution < -0.4 is 0 Å². The van der Waals surface area contributed by atoms with Crippen LogP contribution >= 0.6 is 0 Å². The molecular formula is C26H42O. The molecule has 0 saturated heterocycles. The predicted octanol–water partition coefficient (Wildman–Crippen LogP) is 7.93. The smallest absolute Gasteiger partial charge is 0.165 e. The predicted molar refractivity (Wildman–Crippen MR) is 117 cm³/mol. The van der Waals surface area contributed by atoms with Gasteiger partial charge in [0.1, 0.15) is 0 Å². The number of rotatable bonds is 4. The molecule has 1 aromatic rings. The zero-order valence-corrected chi connectivity index (χ0v) is 18.5. The summed E-state index contributed by atoms with van der Waals surface area (Å²) >= 11 is 0. The van der Waals surface area contributed by atoms with E-state index < -0.39 is 0 Å². The Morgan fingerprint density at radius 2 is 1.41 bits per heavy atom. The van der Waals surface area contributed by atoms with Crippen molar-refractivity contribution in [2.45, 2.75) is 98.8 Å². The molecule has 2 saturated carbocycles. The van der Waals surface area contributed by atoms with Gasteiger partial charge in [0.15, 0.2) is 5.78 Å². The Hall–Kier alpha value is -1.11. The minimum absolute atomic E-state index is 0.135. The third-order valence-corrected chi connectivity index (χ3v) is 6.94. The molecule has 2 aliphatic carbocycles. The summed E-state index contributed by atoms with van der Waals surface area (Å²) in [5.41, 5.74) is 3.19. The first-order chi connectivity index (χ1) is 12.9. The van der Waals surface area contributed by atoms with Gasteiger partial charge in [-0.15, -0.1) is 0 Å². The van der Waals surface area contributed by atoms with Gasteiger partial charge in [-0.2, -0.15) is 0 Å². The van der Waals surface area contributed by atoms with Crippen LogP contribution in [0.1, 0.15) is 106 Å². The zero-order valence-electron chi connectivity index (χ0n) is 18.5. The molecule has 2 aliphatic rings. The van der Waals surface area contributed by atoms with Crippen molar-refractivity contribution in [1.82, 2.24) is 0 Å². The van der Waals surface area contributed by atoms with Crippen molar-refractivity contribution in [3.63, 3.8) is 0 Å². The average molecular weight is 371 g/mol. The standard InChI is InChI=1S/C13H18O.C13H24/c1-5-11(4)13(14)12-7-9(2)6-10(3)8-12;1-11-7-9-13(10-8-11)12-5-3-2-4-6-12/h6-8,11H,5H2,1-4H3;11-13H,2-10H2,1H3. The van der Waals surface area contributed by atoms with E-state index in [1.165, 1.54) is 32.1 Å². The van der Waals surface area contributed by atoms with E-state index in [2.05, 4.69) is 13.0 Å². The summed E-state index contributed by atoms with van der Waals surface area (Å²) in [7, 11) is 0. The quantitative estimate of drug-likeness (QED) is 0.492. The molecule has 27 heavy (non-hydrogen) atoms. The number of Topliss-reactive ketones (excluding diaryl/α,β-unsaturated/α-hetero) is 1. The summed E-state index contributed by atoms with van der Waals surface area (Å²) in [5, 5.41) is 0. The molecule has 1 aromatic carbocycles. The fourth-order valence-corrected chi connectivity index (χ4v) is 4.95. The second-order valence-electron chi connectivity index (χ2n) is 9.47. The normalized spacial score (nSPS) is 24.6. The molecule has 1 atom stereocenters. The number of hydrogen-bond donors (Lipinski definition) is 0. The molecule has 0 N–H and O–H groups in total. The maximum absolute atomic E-state index is 11.9. The Bertz CT molecular complexity index is 554. The molecule has 1 heteroatoms. The maximum atomic E-state index is 11.9. The number of carbonyl (C=O) groups excluding carboxylic acids is 1. The largest absolute Gasteiger partial charge is 0.294 e. The molecule has 3 rings (SSSR count). The number of ketones is 1. The Kier molecular flexibility index (Phi) is 9.06. The SMILES string of the molecule is CC1CCC(C2CCCCC2)CC1.CCC(C)C(=O)c1cc(C)cc(C)c1. The van der Waals surface area contributed by atoms with Crippen LogP contribution in [0.5, 0.6) is 0 Å². The van der Waals surface area contributed by atoms with E-state index in [9.17, 15) is 4.79 Å². The Labute approximate surface area is 168 Å². The minimum atomic E-state index is 0.135. The van der Waals surface area contributed by atoms with E-state index >= 15 is 0 Å². The summed E-state index contributed by atoms with van der Waals surface area (Å²) < 4.78 is 0. The van der Waals surface area contributed by atoms with Gasteiger partial charge in [0.25, 0.3) is 0 Å². The van der Waals surface area contributed by atoms with Crippen LogP contribution in [-0.4, -0.2) is 5.78 Å². The molecule has 0 aromatic heterocycles. The highest BCUT2D eigenvalue weighted by atomic mass is 16.1. The van der Waals surface area contributed by atoms with Crippen LogP contribution in [0.2, 0.25) is 0 Å². The Morgan fingerprint density at radius 3 is 1.93 bits per heavy atom. The second kappa shape index (κ2) is 11.0. The van der Waals surface area contributed by atoms with Gasteiger partial charge in [0.05, 0.1) is 0 Å². The topological polar surface area (TPSA) is 17.1 Å². The molecule has 1 unspecified atom stereocenters. The lowest BCUT2D eigenvalue weighted by atomic mass is 9.71. The van der Waals surface area contributed by atoms with E-state index in [-0.39, 0.29) is 11.7 Å². The lowest BCUT2D eigenvalue weighted by Gasteiger charge is -2.34. The van der Waals surface area contributed by atoms with Crippen molar-refractivity contribution in [2.24, 2.45) is 23.7 Å². The lowest BCUT2D eigenvalue weighted by Crippen LogP contribution is -2.22. The second-order valence-corrected chi connectivity index (χ2v) is 9.47. The molecule has 0 bridgehead atoms. The van der Waals surface area contributed by atoms with E-state index in [1.54, 1.807) is 25.7 Å². The number of benzene rings is 1. The van der Waals surface area contributed by atoms with Gasteiger partial charge in [-0.1, -0.05) is 82.9 Å². The van der Waals surface area contributed by atoms with Crippen molar-refractivity contribution < 1.29 is 4.79 Å². The van der Waals surface area contributed by atoms with Crippen LogP contribution in [0.25, 0.3) is 0 Å². The average Bonchev–Trinajstić information content (AvgIpc) is 2.68. The van der Waals surface area contributed by atoms with Crippen LogP contribution in [0, 0.1) is 37.5 Å². The molecular weight excluding hydrogens is 328 g/mol. The zero-order chi connectivity index (χ0) is 19.8. The molecule has 0 radical (unpaired) electrons. The van der Waals surface area contributed by atoms with Crippen molar-refractivity contribution in [1.29, 1.82) is 0 Å². The molecule has 0 aliphatic heterocycles. The minimum Gasteiger partial charge on any atom is -0.294 e. The summed E-state index contributed by atoms with van der Waals surface area (Å²) in [5.74, 6) is 3.67.